The zero-order valence-electron chi connectivity index (χ0n) is 5.31. The zero-order valence-corrected chi connectivity index (χ0v) is 5.31. The first kappa shape index (κ1) is 7.94. The zero-order chi connectivity index (χ0) is 7.28. The van der Waals surface area contributed by atoms with E-state index < -0.39 is 11.8 Å². The lowest BCUT2D eigenvalue weighted by Gasteiger charge is -1.96. The standard InChI is InChI=1S/C5H10N2O2/c1-2-3-7-5(9)4(6)8/h2-3H2,1H3,(H2,6,8)(H,7,9). The maximum absolute atomic E-state index is 10.3. The number of primary amides is 1. The molecular weight excluding hydrogens is 120 g/mol. The molecule has 0 saturated heterocycles. The number of carbonyl (C=O) groups excluding carboxylic acids is 2. The Bertz CT molecular complexity index is 122. The van der Waals surface area contributed by atoms with E-state index >= 15 is 0 Å². The fourth-order valence-corrected chi connectivity index (χ4v) is 0.326. The molecule has 52 valence electrons. The summed E-state index contributed by atoms with van der Waals surface area (Å²) in [6.45, 7) is 2.39. The van der Waals surface area contributed by atoms with Crippen LogP contribution >= 0.6 is 0 Å². The molecule has 0 bridgehead atoms. The van der Waals surface area contributed by atoms with Crippen molar-refractivity contribution in [1.29, 1.82) is 0 Å². The Morgan fingerprint density at radius 3 is 2.44 bits per heavy atom. The highest BCUT2D eigenvalue weighted by atomic mass is 16.2. The van der Waals surface area contributed by atoms with Gasteiger partial charge >= 0.3 is 11.8 Å². The molecule has 0 atom stereocenters. The lowest BCUT2D eigenvalue weighted by Crippen LogP contribution is -2.36. The minimum atomic E-state index is -0.927. The highest BCUT2D eigenvalue weighted by Crippen LogP contribution is 1.69. The third-order valence-electron chi connectivity index (χ3n) is 0.759. The van der Waals surface area contributed by atoms with Crippen molar-refractivity contribution in [2.24, 2.45) is 5.73 Å². The Morgan fingerprint density at radius 1 is 1.56 bits per heavy atom. The fourth-order valence-electron chi connectivity index (χ4n) is 0.326. The number of nitrogens with two attached hydrogens (primary N) is 1. The largest absolute Gasteiger partial charge is 0.361 e. The summed E-state index contributed by atoms with van der Waals surface area (Å²) in [7, 11) is 0. The van der Waals surface area contributed by atoms with Crippen molar-refractivity contribution in [2.75, 3.05) is 6.54 Å². The van der Waals surface area contributed by atoms with Crippen molar-refractivity contribution in [3.8, 4) is 0 Å². The maximum Gasteiger partial charge on any atom is 0.309 e. The van der Waals surface area contributed by atoms with Crippen molar-refractivity contribution < 1.29 is 9.59 Å². The molecule has 0 unspecified atom stereocenters. The van der Waals surface area contributed by atoms with Gasteiger partial charge in [-0.2, -0.15) is 0 Å². The first-order valence-corrected chi connectivity index (χ1v) is 2.76. The third kappa shape index (κ3) is 3.52. The summed E-state index contributed by atoms with van der Waals surface area (Å²) in [6.07, 6.45) is 0.805. The predicted molar refractivity (Wildman–Crippen MR) is 32.5 cm³/mol. The molecular formula is C5H10N2O2. The van der Waals surface area contributed by atoms with E-state index in [2.05, 4.69) is 11.1 Å². The van der Waals surface area contributed by atoms with E-state index in [-0.39, 0.29) is 0 Å². The molecule has 0 aromatic heterocycles. The van der Waals surface area contributed by atoms with Gasteiger partial charge in [-0.05, 0) is 6.42 Å². The van der Waals surface area contributed by atoms with Crippen LogP contribution in [0.5, 0.6) is 0 Å². The Kier molecular flexibility index (Phi) is 3.43. The number of hydrogen-bond donors (Lipinski definition) is 2. The van der Waals surface area contributed by atoms with Gasteiger partial charge in [-0.15, -0.1) is 0 Å². The predicted octanol–water partition coefficient (Wildman–Crippen LogP) is -1.00. The van der Waals surface area contributed by atoms with Crippen LogP contribution in [0.2, 0.25) is 0 Å². The average molecular weight is 130 g/mol. The van der Waals surface area contributed by atoms with Gasteiger partial charge in [-0.25, -0.2) is 0 Å². The Labute approximate surface area is 53.4 Å². The SMILES string of the molecule is CCCNC(=O)C(N)=O. The summed E-state index contributed by atoms with van der Waals surface area (Å²) >= 11 is 0. The van der Waals surface area contributed by atoms with E-state index in [1.807, 2.05) is 6.92 Å². The van der Waals surface area contributed by atoms with Crippen molar-refractivity contribution in [1.82, 2.24) is 5.32 Å². The first-order valence-electron chi connectivity index (χ1n) is 2.76. The van der Waals surface area contributed by atoms with E-state index in [0.717, 1.165) is 6.42 Å². The maximum atomic E-state index is 10.3. The summed E-state index contributed by atoms with van der Waals surface area (Å²) in [4.78, 5) is 20.3. The Morgan fingerprint density at radius 2 is 2.11 bits per heavy atom. The van der Waals surface area contributed by atoms with Gasteiger partial charge < -0.3 is 11.1 Å². The van der Waals surface area contributed by atoms with Crippen molar-refractivity contribution in [3.63, 3.8) is 0 Å². The molecule has 2 amide bonds. The van der Waals surface area contributed by atoms with Crippen molar-refractivity contribution >= 4 is 11.8 Å². The van der Waals surface area contributed by atoms with Crippen LogP contribution in [0.15, 0.2) is 0 Å². The molecule has 9 heavy (non-hydrogen) atoms. The second kappa shape index (κ2) is 3.88. The molecule has 0 aromatic rings. The van der Waals surface area contributed by atoms with E-state index in [1.165, 1.54) is 0 Å². The van der Waals surface area contributed by atoms with Crippen LogP contribution in [0.25, 0.3) is 0 Å². The summed E-state index contributed by atoms with van der Waals surface area (Å²) in [5.74, 6) is -1.64. The number of nitrogens with one attached hydrogen (secondary N) is 1. The van der Waals surface area contributed by atoms with Gasteiger partial charge in [0.15, 0.2) is 0 Å². The molecule has 4 heteroatoms. The molecule has 0 saturated carbocycles. The van der Waals surface area contributed by atoms with Crippen LogP contribution in [0.4, 0.5) is 0 Å². The molecule has 0 fully saturated rings. The van der Waals surface area contributed by atoms with Crippen LogP contribution in [0, 0.1) is 0 Å². The fraction of sp³-hybridized carbons (Fsp3) is 0.600. The van der Waals surface area contributed by atoms with Gasteiger partial charge in [-0.1, -0.05) is 6.92 Å². The number of rotatable bonds is 2. The Hall–Kier alpha value is -1.06. The summed E-state index contributed by atoms with van der Waals surface area (Å²) in [5, 5.41) is 2.32. The van der Waals surface area contributed by atoms with Gasteiger partial charge in [0.1, 0.15) is 0 Å². The lowest BCUT2D eigenvalue weighted by molar-refractivity contribution is -0.137. The molecule has 4 nitrogen and oxygen atoms in total. The minimum absolute atomic E-state index is 0.502. The smallest absolute Gasteiger partial charge is 0.309 e. The van der Waals surface area contributed by atoms with Crippen molar-refractivity contribution in [3.05, 3.63) is 0 Å². The number of hydrogen-bond acceptors (Lipinski definition) is 2. The van der Waals surface area contributed by atoms with Crippen LogP contribution in [0.3, 0.4) is 0 Å². The van der Waals surface area contributed by atoms with Crippen LogP contribution < -0.4 is 11.1 Å². The average Bonchev–Trinajstić information content (AvgIpc) is 1.82. The van der Waals surface area contributed by atoms with E-state index in [1.54, 1.807) is 0 Å². The molecule has 0 aliphatic rings. The first-order chi connectivity index (χ1) is 4.18. The molecule has 0 radical (unpaired) electrons. The molecule has 0 heterocycles. The quantitative estimate of drug-likeness (QED) is 0.470. The minimum Gasteiger partial charge on any atom is -0.361 e. The monoisotopic (exact) mass is 130 g/mol. The lowest BCUT2D eigenvalue weighted by atomic mass is 10.4. The van der Waals surface area contributed by atoms with Gasteiger partial charge in [0.05, 0.1) is 0 Å². The topological polar surface area (TPSA) is 72.2 Å². The van der Waals surface area contributed by atoms with Gasteiger partial charge in [-0.3, -0.25) is 9.59 Å². The van der Waals surface area contributed by atoms with Crippen LogP contribution in [-0.2, 0) is 9.59 Å². The summed E-state index contributed by atoms with van der Waals surface area (Å²) in [5.41, 5.74) is 4.63. The van der Waals surface area contributed by atoms with E-state index in [9.17, 15) is 9.59 Å². The van der Waals surface area contributed by atoms with Crippen LogP contribution in [0.1, 0.15) is 13.3 Å². The normalized spacial score (nSPS) is 8.56. The van der Waals surface area contributed by atoms with Crippen molar-refractivity contribution in [2.45, 2.75) is 13.3 Å². The molecule has 3 N–H and O–H groups in total. The molecule has 0 rings (SSSR count). The third-order valence-corrected chi connectivity index (χ3v) is 0.759. The highest BCUT2D eigenvalue weighted by Gasteiger charge is 2.04. The second-order valence-electron chi connectivity index (χ2n) is 1.62. The van der Waals surface area contributed by atoms with Gasteiger partial charge in [0.25, 0.3) is 0 Å². The number of carbonyl (C=O) groups is 2. The molecule has 0 aliphatic heterocycles. The van der Waals surface area contributed by atoms with E-state index in [4.69, 9.17) is 0 Å². The van der Waals surface area contributed by atoms with Gasteiger partial charge in [0, 0.05) is 6.54 Å². The summed E-state index contributed by atoms with van der Waals surface area (Å²) in [6, 6.07) is 0. The van der Waals surface area contributed by atoms with E-state index in [0.29, 0.717) is 6.54 Å². The molecule has 0 aromatic carbocycles. The van der Waals surface area contributed by atoms with Gasteiger partial charge in [0.2, 0.25) is 0 Å². The summed E-state index contributed by atoms with van der Waals surface area (Å²) < 4.78 is 0. The highest BCUT2D eigenvalue weighted by molar-refractivity contribution is 6.34. The molecule has 0 spiro atoms. The van der Waals surface area contributed by atoms with Crippen LogP contribution in [-0.4, -0.2) is 18.4 Å². The molecule has 0 aliphatic carbocycles. The Balaban J connectivity index is 3.39. The number of amides is 2. The second-order valence-corrected chi connectivity index (χ2v) is 1.62.